The number of benzene rings is 3. The molecule has 0 bridgehead atoms. The van der Waals surface area contributed by atoms with E-state index in [-0.39, 0.29) is 17.5 Å². The zero-order valence-corrected chi connectivity index (χ0v) is 21.2. The van der Waals surface area contributed by atoms with Crippen LogP contribution in [0, 0.1) is 20.8 Å². The van der Waals surface area contributed by atoms with Crippen molar-refractivity contribution in [1.82, 2.24) is 5.32 Å². The zero-order valence-electron chi connectivity index (χ0n) is 20.4. The van der Waals surface area contributed by atoms with Gasteiger partial charge in [-0.3, -0.25) is 9.10 Å². The minimum absolute atomic E-state index is 0.136. The summed E-state index contributed by atoms with van der Waals surface area (Å²) in [5, 5.41) is 2.93. The molecule has 3 aromatic rings. The number of hydrogen-bond acceptors (Lipinski definition) is 5. The van der Waals surface area contributed by atoms with Gasteiger partial charge >= 0.3 is 0 Å². The summed E-state index contributed by atoms with van der Waals surface area (Å²) in [7, 11) is -3.98. The predicted octanol–water partition coefficient (Wildman–Crippen LogP) is 4.46. The monoisotopic (exact) mass is 494 g/mol. The smallest absolute Gasteiger partial charge is 0.264 e. The number of nitrogens with zero attached hydrogens (tertiary/aromatic N) is 1. The van der Waals surface area contributed by atoms with Gasteiger partial charge in [0.05, 0.1) is 16.6 Å². The quantitative estimate of drug-likeness (QED) is 0.524. The minimum Gasteiger partial charge on any atom is -0.486 e. The Labute approximate surface area is 206 Å². The van der Waals surface area contributed by atoms with E-state index in [1.54, 1.807) is 30.3 Å². The van der Waals surface area contributed by atoms with Crippen molar-refractivity contribution in [3.05, 3.63) is 82.9 Å². The van der Waals surface area contributed by atoms with Gasteiger partial charge in [-0.05, 0) is 74.7 Å². The number of fused-ring (bicyclic) bond motifs is 1. The first kappa shape index (κ1) is 24.6. The molecule has 1 heterocycles. The van der Waals surface area contributed by atoms with Crippen molar-refractivity contribution in [2.24, 2.45) is 0 Å². The van der Waals surface area contributed by atoms with E-state index < -0.39 is 15.9 Å². The summed E-state index contributed by atoms with van der Waals surface area (Å²) in [6, 6.07) is 17.4. The van der Waals surface area contributed by atoms with E-state index in [2.05, 4.69) is 5.32 Å². The Morgan fingerprint density at radius 2 is 1.57 bits per heavy atom. The molecule has 0 unspecified atom stereocenters. The fourth-order valence-corrected chi connectivity index (χ4v) is 5.43. The molecule has 0 radical (unpaired) electrons. The van der Waals surface area contributed by atoms with Gasteiger partial charge in [-0.2, -0.15) is 0 Å². The summed E-state index contributed by atoms with van der Waals surface area (Å²) in [4.78, 5) is 13.3. The van der Waals surface area contributed by atoms with Crippen LogP contribution in [-0.4, -0.2) is 34.1 Å². The maximum atomic E-state index is 13.7. The second-order valence-electron chi connectivity index (χ2n) is 8.81. The average molecular weight is 495 g/mol. The highest BCUT2D eigenvalue weighted by atomic mass is 32.2. The predicted molar refractivity (Wildman–Crippen MR) is 136 cm³/mol. The number of aryl methyl sites for hydroxylation is 3. The van der Waals surface area contributed by atoms with Crippen LogP contribution in [0.5, 0.6) is 11.5 Å². The molecule has 1 amide bonds. The summed E-state index contributed by atoms with van der Waals surface area (Å²) < 4.78 is 39.7. The van der Waals surface area contributed by atoms with E-state index in [1.807, 2.05) is 58.0 Å². The first-order valence-corrected chi connectivity index (χ1v) is 12.9. The third-order valence-corrected chi connectivity index (χ3v) is 7.75. The Kier molecular flexibility index (Phi) is 7.03. The molecule has 4 rings (SSSR count). The van der Waals surface area contributed by atoms with E-state index in [0.29, 0.717) is 30.4 Å². The third-order valence-electron chi connectivity index (χ3n) is 5.97. The van der Waals surface area contributed by atoms with Crippen molar-refractivity contribution in [2.75, 3.05) is 24.1 Å². The van der Waals surface area contributed by atoms with Gasteiger partial charge in [-0.15, -0.1) is 0 Å². The number of ether oxygens (including phenoxy) is 2. The van der Waals surface area contributed by atoms with Crippen molar-refractivity contribution in [2.45, 2.75) is 38.6 Å². The van der Waals surface area contributed by atoms with Gasteiger partial charge in [-0.1, -0.05) is 35.9 Å². The second-order valence-corrected chi connectivity index (χ2v) is 10.7. The van der Waals surface area contributed by atoms with E-state index >= 15 is 0 Å². The number of carbonyl (C=O) groups excluding carboxylic acids is 1. The van der Waals surface area contributed by atoms with Crippen molar-refractivity contribution < 1.29 is 22.7 Å². The molecule has 0 aromatic heterocycles. The standard InChI is InChI=1S/C27H30N2O5S/c1-18-6-10-23(11-7-18)35(31,32)29(24-15-19(2)5-8-20(24)3)17-27(30)28-21(4)22-9-12-25-26(16-22)34-14-13-33-25/h5-12,15-16,21H,13-14,17H2,1-4H3,(H,28,30)/t21-/m1/s1. The molecule has 3 aromatic carbocycles. The molecule has 0 fully saturated rings. The SMILES string of the molecule is Cc1ccc(S(=O)(=O)N(CC(=O)N[C@H](C)c2ccc3c(c2)OCCO3)c2cc(C)ccc2C)cc1. The van der Waals surface area contributed by atoms with E-state index in [4.69, 9.17) is 9.47 Å². The first-order valence-electron chi connectivity index (χ1n) is 11.5. The lowest BCUT2D eigenvalue weighted by Crippen LogP contribution is -2.42. The molecule has 0 saturated carbocycles. The summed E-state index contributed by atoms with van der Waals surface area (Å²) >= 11 is 0. The molecule has 1 aliphatic heterocycles. The number of rotatable bonds is 7. The number of anilines is 1. The van der Waals surface area contributed by atoms with Crippen LogP contribution in [0.15, 0.2) is 65.6 Å². The van der Waals surface area contributed by atoms with Crippen LogP contribution in [0.1, 0.15) is 35.2 Å². The molecule has 0 spiro atoms. The molecule has 8 heteroatoms. The van der Waals surface area contributed by atoms with Crippen LogP contribution in [0.25, 0.3) is 0 Å². The van der Waals surface area contributed by atoms with Gasteiger partial charge in [-0.25, -0.2) is 8.42 Å². The largest absolute Gasteiger partial charge is 0.486 e. The van der Waals surface area contributed by atoms with Crippen LogP contribution < -0.4 is 19.1 Å². The second kappa shape index (κ2) is 10.00. The van der Waals surface area contributed by atoms with E-state index in [1.165, 1.54) is 4.31 Å². The molecule has 0 saturated heterocycles. The molecule has 1 N–H and O–H groups in total. The van der Waals surface area contributed by atoms with Crippen LogP contribution >= 0.6 is 0 Å². The Hall–Kier alpha value is -3.52. The van der Waals surface area contributed by atoms with Gasteiger partial charge < -0.3 is 14.8 Å². The molecule has 1 atom stereocenters. The Bertz CT molecular complexity index is 1340. The van der Waals surface area contributed by atoms with E-state index in [9.17, 15) is 13.2 Å². The molecule has 184 valence electrons. The van der Waals surface area contributed by atoms with Gasteiger partial charge in [0, 0.05) is 0 Å². The number of amides is 1. The van der Waals surface area contributed by atoms with Crippen LogP contribution in [0.3, 0.4) is 0 Å². The van der Waals surface area contributed by atoms with Crippen molar-refractivity contribution in [3.63, 3.8) is 0 Å². The fourth-order valence-electron chi connectivity index (χ4n) is 3.96. The Balaban J connectivity index is 1.61. The molecule has 7 nitrogen and oxygen atoms in total. The number of sulfonamides is 1. The highest BCUT2D eigenvalue weighted by Crippen LogP contribution is 2.33. The molecule has 0 aliphatic carbocycles. The molecule has 35 heavy (non-hydrogen) atoms. The van der Waals surface area contributed by atoms with Gasteiger partial charge in [0.25, 0.3) is 10.0 Å². The summed E-state index contributed by atoms with van der Waals surface area (Å²) in [5.41, 5.74) is 3.93. The van der Waals surface area contributed by atoms with Gasteiger partial charge in [0.1, 0.15) is 19.8 Å². The van der Waals surface area contributed by atoms with Gasteiger partial charge in [0.2, 0.25) is 5.91 Å². The number of hydrogen-bond donors (Lipinski definition) is 1. The highest BCUT2D eigenvalue weighted by molar-refractivity contribution is 7.92. The summed E-state index contributed by atoms with van der Waals surface area (Å²) in [5.74, 6) is 0.890. The summed E-state index contributed by atoms with van der Waals surface area (Å²) in [6.07, 6.45) is 0. The third kappa shape index (κ3) is 5.43. The van der Waals surface area contributed by atoms with Crippen molar-refractivity contribution in [3.8, 4) is 11.5 Å². The Morgan fingerprint density at radius 1 is 0.914 bits per heavy atom. The normalized spacial score (nSPS) is 13.7. The maximum Gasteiger partial charge on any atom is 0.264 e. The topological polar surface area (TPSA) is 84.9 Å². The lowest BCUT2D eigenvalue weighted by molar-refractivity contribution is -0.120. The average Bonchev–Trinajstić information content (AvgIpc) is 2.84. The summed E-state index contributed by atoms with van der Waals surface area (Å²) in [6.45, 7) is 8.09. The van der Waals surface area contributed by atoms with Crippen LogP contribution in [0.2, 0.25) is 0 Å². The van der Waals surface area contributed by atoms with E-state index in [0.717, 1.165) is 22.3 Å². The zero-order chi connectivity index (χ0) is 25.2. The Morgan fingerprint density at radius 3 is 2.29 bits per heavy atom. The molecule has 1 aliphatic rings. The lowest BCUT2D eigenvalue weighted by Gasteiger charge is -2.27. The van der Waals surface area contributed by atoms with Crippen molar-refractivity contribution >= 4 is 21.6 Å². The number of carbonyl (C=O) groups is 1. The molecular formula is C27H30N2O5S. The van der Waals surface area contributed by atoms with Crippen LogP contribution in [0.4, 0.5) is 5.69 Å². The fraction of sp³-hybridized carbons (Fsp3) is 0.296. The first-order chi connectivity index (χ1) is 16.6. The minimum atomic E-state index is -3.98. The van der Waals surface area contributed by atoms with Gasteiger partial charge in [0.15, 0.2) is 11.5 Å². The highest BCUT2D eigenvalue weighted by Gasteiger charge is 2.29. The van der Waals surface area contributed by atoms with Crippen LogP contribution in [-0.2, 0) is 14.8 Å². The number of nitrogens with one attached hydrogen (secondary N) is 1. The van der Waals surface area contributed by atoms with Crippen molar-refractivity contribution in [1.29, 1.82) is 0 Å². The maximum absolute atomic E-state index is 13.7. The lowest BCUT2D eigenvalue weighted by atomic mass is 10.1. The molecular weight excluding hydrogens is 464 g/mol.